The van der Waals surface area contributed by atoms with Gasteiger partial charge >= 0.3 is 0 Å². The van der Waals surface area contributed by atoms with Crippen molar-refractivity contribution in [3.63, 3.8) is 0 Å². The van der Waals surface area contributed by atoms with E-state index in [0.717, 1.165) is 17.5 Å². The maximum Gasteiger partial charge on any atom is 0.167 e. The van der Waals surface area contributed by atoms with E-state index in [9.17, 15) is 4.79 Å². The minimum absolute atomic E-state index is 0.233. The predicted molar refractivity (Wildman–Crippen MR) is 87.0 cm³/mol. The molecule has 0 atom stereocenters. The number of aryl methyl sites for hydroxylation is 4. The average Bonchev–Trinajstić information content (AvgIpc) is 2.50. The first-order chi connectivity index (χ1) is 10.1. The van der Waals surface area contributed by atoms with Crippen LogP contribution in [0.25, 0.3) is 0 Å². The highest BCUT2D eigenvalue weighted by atomic mass is 16.1. The van der Waals surface area contributed by atoms with Crippen molar-refractivity contribution in [2.45, 2.75) is 46.0 Å². The smallest absolute Gasteiger partial charge is 0.167 e. The Hall–Kier alpha value is -1.89. The van der Waals surface area contributed by atoms with E-state index >= 15 is 0 Å². The summed E-state index contributed by atoms with van der Waals surface area (Å²) in [6.07, 6.45) is 5.33. The quantitative estimate of drug-likeness (QED) is 0.749. The molecule has 0 heterocycles. The maximum absolute atomic E-state index is 12.6. The molecule has 0 radical (unpaired) electrons. The van der Waals surface area contributed by atoms with Crippen molar-refractivity contribution < 1.29 is 4.79 Å². The minimum atomic E-state index is 0.233. The fourth-order valence-electron chi connectivity index (χ4n) is 3.17. The van der Waals surface area contributed by atoms with E-state index in [2.05, 4.69) is 44.2 Å². The molecule has 0 bridgehead atoms. The zero-order valence-electron chi connectivity index (χ0n) is 12.9. The van der Waals surface area contributed by atoms with Crippen molar-refractivity contribution in [3.8, 4) is 0 Å². The number of carbonyl (C=O) groups is 1. The Morgan fingerprint density at radius 3 is 2.52 bits per heavy atom. The molecular formula is C20H22O. The van der Waals surface area contributed by atoms with Crippen LogP contribution in [0.3, 0.4) is 0 Å². The lowest BCUT2D eigenvalue weighted by molar-refractivity contribution is 0.0992. The molecule has 0 amide bonds. The third kappa shape index (κ3) is 3.07. The van der Waals surface area contributed by atoms with Crippen LogP contribution >= 0.6 is 0 Å². The predicted octanol–water partition coefficient (Wildman–Crippen LogP) is 4.61. The number of fused-ring (bicyclic) bond motifs is 1. The molecule has 0 saturated heterocycles. The average molecular weight is 278 g/mol. The van der Waals surface area contributed by atoms with Gasteiger partial charge < -0.3 is 0 Å². The van der Waals surface area contributed by atoms with Crippen LogP contribution in [0.15, 0.2) is 36.4 Å². The molecule has 1 aliphatic carbocycles. The molecule has 0 saturated carbocycles. The van der Waals surface area contributed by atoms with E-state index < -0.39 is 0 Å². The van der Waals surface area contributed by atoms with Gasteiger partial charge in [-0.3, -0.25) is 4.79 Å². The Labute approximate surface area is 127 Å². The molecule has 21 heavy (non-hydrogen) atoms. The molecule has 3 rings (SSSR count). The molecule has 0 aromatic heterocycles. The van der Waals surface area contributed by atoms with Crippen LogP contribution in [0, 0.1) is 13.8 Å². The number of carbonyl (C=O) groups excluding carboxylic acids is 1. The highest BCUT2D eigenvalue weighted by molar-refractivity contribution is 5.98. The van der Waals surface area contributed by atoms with E-state index in [1.165, 1.54) is 41.5 Å². The number of hydrogen-bond donors (Lipinski definition) is 0. The second-order valence-electron chi connectivity index (χ2n) is 6.22. The van der Waals surface area contributed by atoms with Crippen LogP contribution in [0.5, 0.6) is 0 Å². The normalized spacial score (nSPS) is 13.8. The van der Waals surface area contributed by atoms with Crippen LogP contribution in [0.4, 0.5) is 0 Å². The topological polar surface area (TPSA) is 17.1 Å². The van der Waals surface area contributed by atoms with E-state index in [0.29, 0.717) is 6.42 Å². The number of benzene rings is 2. The van der Waals surface area contributed by atoms with Gasteiger partial charge in [-0.15, -0.1) is 0 Å². The van der Waals surface area contributed by atoms with Gasteiger partial charge in [0.25, 0.3) is 0 Å². The molecule has 1 aliphatic rings. The van der Waals surface area contributed by atoms with Gasteiger partial charge in [0.05, 0.1) is 0 Å². The summed E-state index contributed by atoms with van der Waals surface area (Å²) < 4.78 is 0. The molecular weight excluding hydrogens is 256 g/mol. The Bertz CT molecular complexity index is 682. The summed E-state index contributed by atoms with van der Waals surface area (Å²) in [6, 6.07) is 12.6. The lowest BCUT2D eigenvalue weighted by Gasteiger charge is -2.16. The Morgan fingerprint density at radius 2 is 1.71 bits per heavy atom. The standard InChI is InChI=1S/C20H22O/c1-14-7-8-15(2)19(11-14)13-20(21)18-10-9-16-5-3-4-6-17(16)12-18/h7-12H,3-6,13H2,1-2H3. The van der Waals surface area contributed by atoms with Gasteiger partial charge in [0.2, 0.25) is 0 Å². The van der Waals surface area contributed by atoms with Crippen LogP contribution in [-0.4, -0.2) is 5.78 Å². The molecule has 2 aromatic rings. The summed E-state index contributed by atoms with van der Waals surface area (Å²) in [7, 11) is 0. The fourth-order valence-corrected chi connectivity index (χ4v) is 3.17. The lowest BCUT2D eigenvalue weighted by Crippen LogP contribution is -2.08. The van der Waals surface area contributed by atoms with Crippen molar-refractivity contribution >= 4 is 5.78 Å². The summed E-state index contributed by atoms with van der Waals surface area (Å²) >= 11 is 0. The number of Topliss-reactive ketones (excluding diaryl/α,β-unsaturated/α-hetero) is 1. The van der Waals surface area contributed by atoms with Crippen molar-refractivity contribution in [1.82, 2.24) is 0 Å². The van der Waals surface area contributed by atoms with Gasteiger partial charge in [0.1, 0.15) is 0 Å². The summed E-state index contributed by atoms with van der Waals surface area (Å²) in [5, 5.41) is 0. The molecule has 0 aliphatic heterocycles. The van der Waals surface area contributed by atoms with Crippen molar-refractivity contribution in [2.75, 3.05) is 0 Å². The zero-order chi connectivity index (χ0) is 14.8. The van der Waals surface area contributed by atoms with Gasteiger partial charge in [0, 0.05) is 12.0 Å². The minimum Gasteiger partial charge on any atom is -0.294 e. The van der Waals surface area contributed by atoms with Crippen LogP contribution < -0.4 is 0 Å². The van der Waals surface area contributed by atoms with Crippen molar-refractivity contribution in [1.29, 1.82) is 0 Å². The molecule has 1 heteroatoms. The summed E-state index contributed by atoms with van der Waals surface area (Å²) in [5.74, 6) is 0.233. The molecule has 0 unspecified atom stereocenters. The maximum atomic E-state index is 12.6. The molecule has 0 fully saturated rings. The Kier molecular flexibility index (Phi) is 3.92. The van der Waals surface area contributed by atoms with Gasteiger partial charge in [-0.1, -0.05) is 35.9 Å². The molecule has 108 valence electrons. The van der Waals surface area contributed by atoms with Gasteiger partial charge in [-0.2, -0.15) is 0 Å². The van der Waals surface area contributed by atoms with E-state index in [4.69, 9.17) is 0 Å². The monoisotopic (exact) mass is 278 g/mol. The molecule has 1 nitrogen and oxygen atoms in total. The number of rotatable bonds is 3. The first-order valence-corrected chi connectivity index (χ1v) is 7.84. The first-order valence-electron chi connectivity index (χ1n) is 7.84. The first kappa shape index (κ1) is 14.1. The highest BCUT2D eigenvalue weighted by Crippen LogP contribution is 2.23. The second kappa shape index (κ2) is 5.85. The van der Waals surface area contributed by atoms with Gasteiger partial charge in [-0.05, 0) is 67.9 Å². The van der Waals surface area contributed by atoms with Crippen molar-refractivity contribution in [2.24, 2.45) is 0 Å². The summed E-state index contributed by atoms with van der Waals surface area (Å²) in [5.41, 5.74) is 7.26. The fraction of sp³-hybridized carbons (Fsp3) is 0.350. The highest BCUT2D eigenvalue weighted by Gasteiger charge is 2.14. The number of hydrogen-bond acceptors (Lipinski definition) is 1. The third-order valence-corrected chi connectivity index (χ3v) is 4.53. The number of ketones is 1. The molecule has 0 N–H and O–H groups in total. The van der Waals surface area contributed by atoms with E-state index in [1.54, 1.807) is 0 Å². The molecule has 0 spiro atoms. The van der Waals surface area contributed by atoms with Crippen LogP contribution in [0.1, 0.15) is 51.0 Å². The SMILES string of the molecule is Cc1ccc(C)c(CC(=O)c2ccc3c(c2)CCCC3)c1. The van der Waals surface area contributed by atoms with E-state index in [1.807, 2.05) is 6.07 Å². The van der Waals surface area contributed by atoms with Crippen molar-refractivity contribution in [3.05, 3.63) is 69.8 Å². The van der Waals surface area contributed by atoms with Crippen LogP contribution in [-0.2, 0) is 19.3 Å². The lowest BCUT2D eigenvalue weighted by atomic mass is 9.89. The molecule has 2 aromatic carbocycles. The van der Waals surface area contributed by atoms with Crippen LogP contribution in [0.2, 0.25) is 0 Å². The third-order valence-electron chi connectivity index (χ3n) is 4.53. The Morgan fingerprint density at radius 1 is 0.952 bits per heavy atom. The summed E-state index contributed by atoms with van der Waals surface area (Å²) in [4.78, 5) is 12.6. The largest absolute Gasteiger partial charge is 0.294 e. The second-order valence-corrected chi connectivity index (χ2v) is 6.22. The van der Waals surface area contributed by atoms with E-state index in [-0.39, 0.29) is 5.78 Å². The van der Waals surface area contributed by atoms with Gasteiger partial charge in [0.15, 0.2) is 5.78 Å². The summed E-state index contributed by atoms with van der Waals surface area (Å²) in [6.45, 7) is 4.15. The Balaban J connectivity index is 1.83. The van der Waals surface area contributed by atoms with Gasteiger partial charge in [-0.25, -0.2) is 0 Å². The zero-order valence-corrected chi connectivity index (χ0v) is 12.9.